The smallest absolute Gasteiger partial charge is 0.129 e. The van der Waals surface area contributed by atoms with Crippen LogP contribution < -0.4 is 18.9 Å². The van der Waals surface area contributed by atoms with Gasteiger partial charge in [0.25, 0.3) is 0 Å². The number of aryl methyl sites for hydroxylation is 1. The first-order chi connectivity index (χ1) is 18.4. The van der Waals surface area contributed by atoms with E-state index in [0.29, 0.717) is 36.7 Å². The topological polar surface area (TPSA) is 57.2 Å². The number of phenols is 1. The van der Waals surface area contributed by atoms with Crippen LogP contribution in [0.1, 0.15) is 71.9 Å². The van der Waals surface area contributed by atoms with Crippen molar-refractivity contribution >= 4 is 0 Å². The number of aromatic hydroxyl groups is 1. The number of fused-ring (bicyclic) bond motifs is 3. The van der Waals surface area contributed by atoms with Gasteiger partial charge in [0.1, 0.15) is 28.7 Å². The van der Waals surface area contributed by atoms with Crippen LogP contribution in [-0.4, -0.2) is 32.0 Å². The summed E-state index contributed by atoms with van der Waals surface area (Å²) in [6.45, 7) is 10.9. The Morgan fingerprint density at radius 1 is 0.816 bits per heavy atom. The van der Waals surface area contributed by atoms with E-state index < -0.39 is 0 Å². The van der Waals surface area contributed by atoms with E-state index in [-0.39, 0.29) is 11.8 Å². The predicted molar refractivity (Wildman–Crippen MR) is 148 cm³/mol. The first-order valence-corrected chi connectivity index (χ1v) is 13.9. The molecule has 3 aliphatic heterocycles. The van der Waals surface area contributed by atoms with Crippen LogP contribution >= 0.6 is 0 Å². The fraction of sp³-hybridized carbons (Fsp3) is 0.455. The second kappa shape index (κ2) is 9.76. The van der Waals surface area contributed by atoms with Gasteiger partial charge in [-0.15, -0.1) is 0 Å². The molecule has 5 unspecified atom stereocenters. The molecular weight excluding hydrogens is 476 g/mol. The summed E-state index contributed by atoms with van der Waals surface area (Å²) in [5.74, 6) is 5.55. The van der Waals surface area contributed by atoms with Crippen LogP contribution in [0.3, 0.4) is 0 Å². The van der Waals surface area contributed by atoms with Gasteiger partial charge in [-0.05, 0) is 66.5 Å². The summed E-state index contributed by atoms with van der Waals surface area (Å²) in [5.41, 5.74) is 7.14. The normalized spacial score (nSPS) is 22.5. The Labute approximate surface area is 225 Å². The molecule has 0 bridgehead atoms. The zero-order valence-corrected chi connectivity index (χ0v) is 23.0. The third kappa shape index (κ3) is 4.07. The number of phenolic OH excluding ortho intramolecular Hbond substituents is 1. The SMILES string of the molecule is COc1ccc(CC(C)C2COc3c(CC(C)C4COc5cccc(C)c54)ccc(O)c32)c2c1C(C)CO2. The van der Waals surface area contributed by atoms with E-state index in [0.717, 1.165) is 48.0 Å². The van der Waals surface area contributed by atoms with Crippen molar-refractivity contribution in [3.8, 4) is 28.7 Å². The van der Waals surface area contributed by atoms with Gasteiger partial charge < -0.3 is 24.1 Å². The van der Waals surface area contributed by atoms with E-state index in [1.807, 2.05) is 12.1 Å². The molecule has 0 fully saturated rings. The molecule has 0 aromatic heterocycles. The van der Waals surface area contributed by atoms with Gasteiger partial charge in [0.2, 0.25) is 0 Å². The summed E-state index contributed by atoms with van der Waals surface area (Å²) in [6.07, 6.45) is 1.73. The maximum Gasteiger partial charge on any atom is 0.129 e. The molecule has 200 valence electrons. The highest BCUT2D eigenvalue weighted by Crippen LogP contribution is 2.50. The molecule has 3 aromatic carbocycles. The van der Waals surface area contributed by atoms with Crippen LogP contribution in [-0.2, 0) is 12.8 Å². The molecule has 5 heteroatoms. The quantitative estimate of drug-likeness (QED) is 0.371. The summed E-state index contributed by atoms with van der Waals surface area (Å²) in [4.78, 5) is 0. The van der Waals surface area contributed by atoms with Crippen LogP contribution in [0.2, 0.25) is 0 Å². The monoisotopic (exact) mass is 514 g/mol. The van der Waals surface area contributed by atoms with Crippen LogP contribution in [0.5, 0.6) is 28.7 Å². The minimum atomic E-state index is 0.120. The summed E-state index contributed by atoms with van der Waals surface area (Å²) < 4.78 is 24.1. The van der Waals surface area contributed by atoms with Gasteiger partial charge in [0.05, 0.1) is 26.9 Å². The maximum atomic E-state index is 11.0. The molecule has 0 spiro atoms. The van der Waals surface area contributed by atoms with Crippen molar-refractivity contribution in [2.75, 3.05) is 26.9 Å². The molecule has 0 aliphatic carbocycles. The first kappa shape index (κ1) is 25.0. The molecule has 3 heterocycles. The third-order valence-electron chi connectivity index (χ3n) is 8.99. The number of ether oxygens (including phenoxy) is 4. The van der Waals surface area contributed by atoms with Gasteiger partial charge in [-0.1, -0.05) is 45.0 Å². The van der Waals surface area contributed by atoms with Crippen molar-refractivity contribution in [1.29, 1.82) is 0 Å². The molecule has 0 saturated carbocycles. The highest BCUT2D eigenvalue weighted by Gasteiger charge is 2.37. The first-order valence-electron chi connectivity index (χ1n) is 13.9. The lowest BCUT2D eigenvalue weighted by molar-refractivity contribution is 0.284. The second-order valence-corrected chi connectivity index (χ2v) is 11.6. The molecule has 5 atom stereocenters. The molecule has 5 nitrogen and oxygen atoms in total. The van der Waals surface area contributed by atoms with Crippen molar-refractivity contribution in [3.63, 3.8) is 0 Å². The van der Waals surface area contributed by atoms with E-state index in [1.54, 1.807) is 7.11 Å². The molecule has 38 heavy (non-hydrogen) atoms. The zero-order chi connectivity index (χ0) is 26.6. The molecule has 3 aromatic rings. The minimum Gasteiger partial charge on any atom is -0.508 e. The minimum absolute atomic E-state index is 0.120. The predicted octanol–water partition coefficient (Wildman–Crippen LogP) is 6.91. The summed E-state index contributed by atoms with van der Waals surface area (Å²) in [7, 11) is 1.72. The van der Waals surface area contributed by atoms with E-state index in [4.69, 9.17) is 18.9 Å². The lowest BCUT2D eigenvalue weighted by Crippen LogP contribution is -2.15. The molecular formula is C33H38O5. The molecule has 0 radical (unpaired) electrons. The Morgan fingerprint density at radius 3 is 2.18 bits per heavy atom. The molecule has 1 N–H and O–H groups in total. The Balaban J connectivity index is 1.24. The standard InChI is InChI=1S/C33H38O5/c1-18-7-6-8-28-29(18)24(16-36-28)19(2)13-22-9-11-26(34)31-25(17-38-33(22)31)20(3)14-23-10-12-27(35-5)30-21(4)15-37-32(23)30/h6-12,19-21,24-25,34H,13-17H2,1-5H3. The number of hydrogen-bond donors (Lipinski definition) is 1. The number of hydrogen-bond acceptors (Lipinski definition) is 5. The van der Waals surface area contributed by atoms with Crippen LogP contribution in [0.15, 0.2) is 42.5 Å². The summed E-state index contributed by atoms with van der Waals surface area (Å²) in [5, 5.41) is 11.0. The second-order valence-electron chi connectivity index (χ2n) is 11.6. The summed E-state index contributed by atoms with van der Waals surface area (Å²) in [6, 6.07) is 14.4. The number of benzene rings is 3. The Morgan fingerprint density at radius 2 is 1.45 bits per heavy atom. The van der Waals surface area contributed by atoms with Gasteiger partial charge in [-0.2, -0.15) is 0 Å². The Kier molecular flexibility index (Phi) is 6.41. The highest BCUT2D eigenvalue weighted by molar-refractivity contribution is 5.56. The van der Waals surface area contributed by atoms with Gasteiger partial charge in [-0.3, -0.25) is 0 Å². The maximum absolute atomic E-state index is 11.0. The van der Waals surface area contributed by atoms with Crippen LogP contribution in [0.25, 0.3) is 0 Å². The molecule has 0 amide bonds. The van der Waals surface area contributed by atoms with E-state index in [1.165, 1.54) is 27.8 Å². The van der Waals surface area contributed by atoms with Crippen molar-refractivity contribution < 1.29 is 24.1 Å². The van der Waals surface area contributed by atoms with E-state index in [9.17, 15) is 5.11 Å². The van der Waals surface area contributed by atoms with Crippen molar-refractivity contribution in [2.45, 2.75) is 58.3 Å². The largest absolute Gasteiger partial charge is 0.508 e. The third-order valence-corrected chi connectivity index (χ3v) is 8.99. The van der Waals surface area contributed by atoms with Crippen molar-refractivity contribution in [1.82, 2.24) is 0 Å². The van der Waals surface area contributed by atoms with Crippen molar-refractivity contribution in [2.24, 2.45) is 11.8 Å². The Hall–Kier alpha value is -3.34. The molecule has 6 rings (SSSR count). The lowest BCUT2D eigenvalue weighted by Gasteiger charge is -2.22. The lowest BCUT2D eigenvalue weighted by atomic mass is 9.80. The average molecular weight is 515 g/mol. The number of rotatable bonds is 7. The highest BCUT2D eigenvalue weighted by atomic mass is 16.5. The van der Waals surface area contributed by atoms with Gasteiger partial charge in [0, 0.05) is 34.4 Å². The van der Waals surface area contributed by atoms with Crippen molar-refractivity contribution in [3.05, 3.63) is 75.8 Å². The Bertz CT molecular complexity index is 1360. The van der Waals surface area contributed by atoms with E-state index in [2.05, 4.69) is 58.0 Å². The van der Waals surface area contributed by atoms with Crippen LogP contribution in [0, 0.1) is 18.8 Å². The average Bonchev–Trinajstić information content (AvgIpc) is 3.64. The summed E-state index contributed by atoms with van der Waals surface area (Å²) >= 11 is 0. The fourth-order valence-electron chi connectivity index (χ4n) is 6.87. The molecule has 0 saturated heterocycles. The zero-order valence-electron chi connectivity index (χ0n) is 23.0. The number of methoxy groups -OCH3 is 1. The molecule has 3 aliphatic rings. The van der Waals surface area contributed by atoms with E-state index >= 15 is 0 Å². The van der Waals surface area contributed by atoms with Gasteiger partial charge in [0.15, 0.2) is 0 Å². The van der Waals surface area contributed by atoms with Crippen LogP contribution in [0.4, 0.5) is 0 Å². The van der Waals surface area contributed by atoms with Gasteiger partial charge in [-0.25, -0.2) is 0 Å². The van der Waals surface area contributed by atoms with Gasteiger partial charge >= 0.3 is 0 Å². The fourth-order valence-corrected chi connectivity index (χ4v) is 6.87.